The smallest absolute Gasteiger partial charge is 0.244 e. The lowest BCUT2D eigenvalue weighted by Gasteiger charge is -2.16. The summed E-state index contributed by atoms with van der Waals surface area (Å²) in [4.78, 5) is 30.0. The second kappa shape index (κ2) is 9.11. The van der Waals surface area contributed by atoms with Gasteiger partial charge in [0, 0.05) is 17.5 Å². The molecule has 0 spiro atoms. The number of thioether (sulfide) groups is 1. The minimum atomic E-state index is -0.467. The molecule has 150 valence electrons. The van der Waals surface area contributed by atoms with Crippen molar-refractivity contribution in [2.45, 2.75) is 17.1 Å². The predicted octanol–water partition coefficient (Wildman–Crippen LogP) is 5.73. The highest BCUT2D eigenvalue weighted by Crippen LogP contribution is 2.37. The number of rotatable bonds is 6. The van der Waals surface area contributed by atoms with Crippen molar-refractivity contribution in [2.24, 2.45) is 0 Å². The molecule has 1 aromatic heterocycles. The van der Waals surface area contributed by atoms with Gasteiger partial charge in [0.2, 0.25) is 11.8 Å². The van der Waals surface area contributed by atoms with Gasteiger partial charge in [0.15, 0.2) is 5.13 Å². The zero-order valence-corrected chi connectivity index (χ0v) is 17.8. The van der Waals surface area contributed by atoms with Crippen molar-refractivity contribution in [1.82, 2.24) is 4.98 Å². The van der Waals surface area contributed by atoms with Crippen LogP contribution in [0, 0.1) is 0 Å². The SMILES string of the molecule is CC(=O)Nc1cccc(SC(C(=O)Nc2nc3ccccc3s2)c2ccccc2)c1. The van der Waals surface area contributed by atoms with Gasteiger partial charge in [-0.05, 0) is 35.9 Å². The summed E-state index contributed by atoms with van der Waals surface area (Å²) in [5.74, 6) is -0.277. The number of carbonyl (C=O) groups is 2. The zero-order valence-electron chi connectivity index (χ0n) is 16.2. The molecule has 2 N–H and O–H groups in total. The summed E-state index contributed by atoms with van der Waals surface area (Å²) in [7, 11) is 0. The summed E-state index contributed by atoms with van der Waals surface area (Å²) < 4.78 is 1.03. The Kier molecular flexibility index (Phi) is 6.11. The first-order chi connectivity index (χ1) is 14.6. The molecule has 0 saturated heterocycles. The average Bonchev–Trinajstić information content (AvgIpc) is 3.14. The molecule has 0 fully saturated rings. The van der Waals surface area contributed by atoms with Crippen LogP contribution in [0.2, 0.25) is 0 Å². The van der Waals surface area contributed by atoms with E-state index in [0.717, 1.165) is 20.7 Å². The second-order valence-electron chi connectivity index (χ2n) is 6.59. The molecule has 1 heterocycles. The molecule has 1 unspecified atom stereocenters. The van der Waals surface area contributed by atoms with Gasteiger partial charge in [-0.2, -0.15) is 0 Å². The molecule has 4 rings (SSSR count). The summed E-state index contributed by atoms with van der Waals surface area (Å²) in [6.07, 6.45) is 0. The number of amides is 2. The third-order valence-corrected chi connectivity index (χ3v) is 6.47. The fourth-order valence-electron chi connectivity index (χ4n) is 2.98. The maximum Gasteiger partial charge on any atom is 0.244 e. The highest BCUT2D eigenvalue weighted by Gasteiger charge is 2.23. The van der Waals surface area contributed by atoms with Crippen molar-refractivity contribution < 1.29 is 9.59 Å². The van der Waals surface area contributed by atoms with Gasteiger partial charge >= 0.3 is 0 Å². The van der Waals surface area contributed by atoms with E-state index in [1.807, 2.05) is 78.9 Å². The maximum absolute atomic E-state index is 13.2. The number of fused-ring (bicyclic) bond motifs is 1. The van der Waals surface area contributed by atoms with Gasteiger partial charge in [-0.25, -0.2) is 4.98 Å². The number of para-hydroxylation sites is 1. The molecule has 0 aliphatic rings. The quantitative estimate of drug-likeness (QED) is 0.381. The Labute approximate surface area is 182 Å². The number of anilines is 2. The monoisotopic (exact) mass is 433 g/mol. The van der Waals surface area contributed by atoms with Crippen molar-refractivity contribution in [3.63, 3.8) is 0 Å². The van der Waals surface area contributed by atoms with E-state index in [2.05, 4.69) is 15.6 Å². The lowest BCUT2D eigenvalue weighted by molar-refractivity contribution is -0.116. The van der Waals surface area contributed by atoms with Gasteiger partial charge in [0.1, 0.15) is 5.25 Å². The largest absolute Gasteiger partial charge is 0.326 e. The Balaban J connectivity index is 1.60. The van der Waals surface area contributed by atoms with Crippen LogP contribution in [-0.2, 0) is 9.59 Å². The molecule has 30 heavy (non-hydrogen) atoms. The van der Waals surface area contributed by atoms with E-state index < -0.39 is 5.25 Å². The van der Waals surface area contributed by atoms with Gasteiger partial charge in [0.05, 0.1) is 10.2 Å². The number of hydrogen-bond donors (Lipinski definition) is 2. The minimum Gasteiger partial charge on any atom is -0.326 e. The van der Waals surface area contributed by atoms with Crippen LogP contribution in [-0.4, -0.2) is 16.8 Å². The number of nitrogens with zero attached hydrogens (tertiary/aromatic N) is 1. The molecule has 1 atom stereocenters. The lowest BCUT2D eigenvalue weighted by atomic mass is 10.1. The summed E-state index contributed by atoms with van der Waals surface area (Å²) >= 11 is 2.88. The number of nitrogens with one attached hydrogen (secondary N) is 2. The molecule has 3 aromatic carbocycles. The molecule has 0 bridgehead atoms. The van der Waals surface area contributed by atoms with Crippen LogP contribution < -0.4 is 10.6 Å². The van der Waals surface area contributed by atoms with Crippen molar-refractivity contribution in [3.05, 3.63) is 84.4 Å². The van der Waals surface area contributed by atoms with Crippen molar-refractivity contribution in [2.75, 3.05) is 10.6 Å². The van der Waals surface area contributed by atoms with E-state index in [0.29, 0.717) is 10.8 Å². The molecule has 7 heteroatoms. The number of carbonyl (C=O) groups excluding carboxylic acids is 2. The Hall–Kier alpha value is -3.16. The van der Waals surface area contributed by atoms with E-state index in [4.69, 9.17) is 0 Å². The first-order valence-corrected chi connectivity index (χ1v) is 11.0. The van der Waals surface area contributed by atoms with Gasteiger partial charge in [-0.1, -0.05) is 59.9 Å². The fraction of sp³-hybridized carbons (Fsp3) is 0.0870. The summed E-state index contributed by atoms with van der Waals surface area (Å²) in [5, 5.41) is 5.87. The Morgan fingerprint density at radius 1 is 0.933 bits per heavy atom. The zero-order chi connectivity index (χ0) is 20.9. The van der Waals surface area contributed by atoms with Crippen molar-refractivity contribution in [1.29, 1.82) is 0 Å². The van der Waals surface area contributed by atoms with Crippen LogP contribution in [0.5, 0.6) is 0 Å². The number of aromatic nitrogens is 1. The van der Waals surface area contributed by atoms with E-state index in [9.17, 15) is 9.59 Å². The maximum atomic E-state index is 13.2. The van der Waals surface area contributed by atoms with E-state index >= 15 is 0 Å². The van der Waals surface area contributed by atoms with Crippen LogP contribution in [0.25, 0.3) is 10.2 Å². The van der Waals surface area contributed by atoms with E-state index in [-0.39, 0.29) is 11.8 Å². The van der Waals surface area contributed by atoms with Crippen LogP contribution in [0.4, 0.5) is 10.8 Å². The van der Waals surface area contributed by atoms with E-state index in [1.165, 1.54) is 30.0 Å². The minimum absolute atomic E-state index is 0.134. The Morgan fingerprint density at radius 3 is 2.47 bits per heavy atom. The van der Waals surface area contributed by atoms with Crippen LogP contribution in [0.15, 0.2) is 83.8 Å². The van der Waals surface area contributed by atoms with Crippen molar-refractivity contribution in [3.8, 4) is 0 Å². The van der Waals surface area contributed by atoms with Crippen molar-refractivity contribution >= 4 is 55.9 Å². The standard InChI is InChI=1S/C23H19N3O2S2/c1-15(27)24-17-10-7-11-18(14-17)29-21(16-8-3-2-4-9-16)22(28)26-23-25-19-12-5-6-13-20(19)30-23/h2-14,21H,1H3,(H,24,27)(H,25,26,28). The highest BCUT2D eigenvalue weighted by molar-refractivity contribution is 8.00. The lowest BCUT2D eigenvalue weighted by Crippen LogP contribution is -2.19. The summed E-state index contributed by atoms with van der Waals surface area (Å²) in [6.45, 7) is 1.47. The molecule has 5 nitrogen and oxygen atoms in total. The van der Waals surface area contributed by atoms with Gasteiger partial charge < -0.3 is 10.6 Å². The molecule has 0 saturated carbocycles. The first kappa shape index (κ1) is 20.1. The molecule has 0 aliphatic heterocycles. The normalized spacial score (nSPS) is 11.8. The molecule has 2 amide bonds. The third kappa shape index (κ3) is 4.87. The van der Waals surface area contributed by atoms with Gasteiger partial charge in [-0.3, -0.25) is 9.59 Å². The van der Waals surface area contributed by atoms with Gasteiger partial charge in [-0.15, -0.1) is 11.8 Å². The molecular formula is C23H19N3O2S2. The van der Waals surface area contributed by atoms with Crippen LogP contribution in [0.1, 0.15) is 17.7 Å². The first-order valence-electron chi connectivity index (χ1n) is 9.34. The predicted molar refractivity (Wildman–Crippen MR) is 124 cm³/mol. The topological polar surface area (TPSA) is 71.1 Å². The van der Waals surface area contributed by atoms with Crippen LogP contribution >= 0.6 is 23.1 Å². The highest BCUT2D eigenvalue weighted by atomic mass is 32.2. The molecule has 0 aliphatic carbocycles. The number of thiazole rings is 1. The average molecular weight is 434 g/mol. The molecular weight excluding hydrogens is 414 g/mol. The Bertz CT molecular complexity index is 1160. The van der Waals surface area contributed by atoms with Gasteiger partial charge in [0.25, 0.3) is 0 Å². The fourth-order valence-corrected chi connectivity index (χ4v) is 4.94. The van der Waals surface area contributed by atoms with Crippen LogP contribution in [0.3, 0.4) is 0 Å². The molecule has 0 radical (unpaired) electrons. The molecule has 4 aromatic rings. The van der Waals surface area contributed by atoms with E-state index in [1.54, 1.807) is 0 Å². The Morgan fingerprint density at radius 2 is 1.70 bits per heavy atom. The summed E-state index contributed by atoms with van der Waals surface area (Å²) in [5.41, 5.74) is 2.46. The number of benzene rings is 3. The second-order valence-corrected chi connectivity index (χ2v) is 8.80. The summed E-state index contributed by atoms with van der Waals surface area (Å²) in [6, 6.07) is 24.9. The number of hydrogen-bond acceptors (Lipinski definition) is 5. The third-order valence-electron chi connectivity index (χ3n) is 4.27.